The third kappa shape index (κ3) is 4.90. The number of sulfonamides is 1. The number of rotatable bonds is 6. The SMILES string of the molecule is CS(=O)(=O)N1CCc2c(cccc2NCc2ccc(C(N)=O)c(-c3ccc(C#N)cc3)c2)C1. The van der Waals surface area contributed by atoms with Gasteiger partial charge in [0.05, 0.1) is 17.9 Å². The molecule has 3 N–H and O–H groups in total. The van der Waals surface area contributed by atoms with Crippen molar-refractivity contribution in [3.63, 3.8) is 0 Å². The maximum Gasteiger partial charge on any atom is 0.249 e. The van der Waals surface area contributed by atoms with E-state index in [4.69, 9.17) is 11.0 Å². The lowest BCUT2D eigenvalue weighted by molar-refractivity contribution is 0.100. The molecular weight excluding hydrogens is 436 g/mol. The molecule has 1 heterocycles. The second-order valence-corrected chi connectivity index (χ2v) is 10.1. The van der Waals surface area contributed by atoms with Crippen LogP contribution in [0.4, 0.5) is 5.69 Å². The normalized spacial score (nSPS) is 13.7. The van der Waals surface area contributed by atoms with E-state index in [1.807, 2.05) is 30.3 Å². The van der Waals surface area contributed by atoms with E-state index in [1.54, 1.807) is 30.3 Å². The van der Waals surface area contributed by atoms with Gasteiger partial charge in [-0.15, -0.1) is 0 Å². The fourth-order valence-electron chi connectivity index (χ4n) is 4.11. The highest BCUT2D eigenvalue weighted by atomic mass is 32.2. The summed E-state index contributed by atoms with van der Waals surface area (Å²) < 4.78 is 25.3. The molecule has 7 nitrogen and oxygen atoms in total. The molecule has 0 unspecified atom stereocenters. The standard InChI is InChI=1S/C25H24N4O3S/c1-33(31,32)29-12-11-21-20(16-29)3-2-4-24(21)28-15-18-7-10-22(25(27)30)23(13-18)19-8-5-17(14-26)6-9-19/h2-10,13,28H,11-12,15-16H2,1H3,(H2,27,30). The zero-order valence-electron chi connectivity index (χ0n) is 18.2. The molecule has 0 spiro atoms. The van der Waals surface area contributed by atoms with Crippen molar-refractivity contribution in [3.05, 3.63) is 88.5 Å². The van der Waals surface area contributed by atoms with Gasteiger partial charge in [-0.25, -0.2) is 8.42 Å². The van der Waals surface area contributed by atoms with Crippen LogP contribution in [0.25, 0.3) is 11.1 Å². The largest absolute Gasteiger partial charge is 0.381 e. The molecule has 1 aliphatic rings. The van der Waals surface area contributed by atoms with Crippen LogP contribution in [-0.2, 0) is 29.5 Å². The lowest BCUT2D eigenvalue weighted by atomic mass is 9.95. The van der Waals surface area contributed by atoms with E-state index in [-0.39, 0.29) is 0 Å². The second-order valence-electron chi connectivity index (χ2n) is 8.08. The van der Waals surface area contributed by atoms with E-state index >= 15 is 0 Å². The molecule has 168 valence electrons. The molecule has 1 aliphatic heterocycles. The van der Waals surface area contributed by atoms with Gasteiger partial charge in [0.15, 0.2) is 0 Å². The number of nitrogens with two attached hydrogens (primary N) is 1. The molecule has 0 aromatic heterocycles. The van der Waals surface area contributed by atoms with E-state index < -0.39 is 15.9 Å². The summed E-state index contributed by atoms with van der Waals surface area (Å²) in [6.45, 7) is 1.36. The first-order chi connectivity index (χ1) is 15.8. The van der Waals surface area contributed by atoms with Crippen molar-refractivity contribution in [2.45, 2.75) is 19.5 Å². The number of fused-ring (bicyclic) bond motifs is 1. The van der Waals surface area contributed by atoms with E-state index in [2.05, 4.69) is 11.4 Å². The summed E-state index contributed by atoms with van der Waals surface area (Å²) in [4.78, 5) is 12.0. The minimum atomic E-state index is -3.23. The molecule has 8 heteroatoms. The van der Waals surface area contributed by atoms with Gasteiger partial charge in [-0.2, -0.15) is 9.57 Å². The summed E-state index contributed by atoms with van der Waals surface area (Å²) in [5.74, 6) is -0.513. The Morgan fingerprint density at radius 3 is 2.58 bits per heavy atom. The summed E-state index contributed by atoms with van der Waals surface area (Å²) in [5, 5.41) is 12.5. The summed E-state index contributed by atoms with van der Waals surface area (Å²) in [6, 6.07) is 20.5. The van der Waals surface area contributed by atoms with Crippen molar-refractivity contribution in [2.24, 2.45) is 5.73 Å². The minimum absolute atomic E-state index is 0.375. The van der Waals surface area contributed by atoms with E-state index in [0.29, 0.717) is 42.7 Å². The van der Waals surface area contributed by atoms with Crippen LogP contribution < -0.4 is 11.1 Å². The number of benzene rings is 3. The molecule has 1 amide bonds. The van der Waals surface area contributed by atoms with Gasteiger partial charge in [0, 0.05) is 30.9 Å². The number of nitriles is 1. The van der Waals surface area contributed by atoms with Gasteiger partial charge >= 0.3 is 0 Å². The van der Waals surface area contributed by atoms with E-state index in [1.165, 1.54) is 10.6 Å². The fourth-order valence-corrected chi connectivity index (χ4v) is 4.91. The van der Waals surface area contributed by atoms with Crippen molar-refractivity contribution in [2.75, 3.05) is 18.1 Å². The Balaban J connectivity index is 1.59. The number of nitrogens with zero attached hydrogens (tertiary/aromatic N) is 2. The predicted molar refractivity (Wildman–Crippen MR) is 128 cm³/mol. The van der Waals surface area contributed by atoms with Gasteiger partial charge in [0.2, 0.25) is 15.9 Å². The molecule has 0 radical (unpaired) electrons. The quantitative estimate of drug-likeness (QED) is 0.586. The number of anilines is 1. The van der Waals surface area contributed by atoms with Crippen molar-refractivity contribution < 1.29 is 13.2 Å². The monoisotopic (exact) mass is 460 g/mol. The summed E-state index contributed by atoms with van der Waals surface area (Å²) in [7, 11) is -3.23. The number of carbonyl (C=O) groups is 1. The molecule has 3 aromatic rings. The molecule has 0 bridgehead atoms. The molecule has 3 aromatic carbocycles. The Morgan fingerprint density at radius 1 is 1.15 bits per heavy atom. The number of hydrogen-bond donors (Lipinski definition) is 2. The van der Waals surface area contributed by atoms with Gasteiger partial charge in [-0.05, 0) is 64.6 Å². The third-order valence-corrected chi connectivity index (χ3v) is 7.11. The van der Waals surface area contributed by atoms with Crippen molar-refractivity contribution in [3.8, 4) is 17.2 Å². The first-order valence-corrected chi connectivity index (χ1v) is 12.3. The highest BCUT2D eigenvalue weighted by Crippen LogP contribution is 2.29. The van der Waals surface area contributed by atoms with Crippen LogP contribution in [0.3, 0.4) is 0 Å². The van der Waals surface area contributed by atoms with Crippen LogP contribution in [0.5, 0.6) is 0 Å². The first-order valence-electron chi connectivity index (χ1n) is 10.5. The van der Waals surface area contributed by atoms with Crippen LogP contribution in [0.1, 0.15) is 32.6 Å². The van der Waals surface area contributed by atoms with Crippen molar-refractivity contribution >= 4 is 21.6 Å². The Hall–Kier alpha value is -3.67. The lowest BCUT2D eigenvalue weighted by Crippen LogP contribution is -2.35. The molecule has 0 saturated heterocycles. The Labute approximate surface area is 193 Å². The summed E-state index contributed by atoms with van der Waals surface area (Å²) in [6.07, 6.45) is 1.88. The van der Waals surface area contributed by atoms with Gasteiger partial charge in [-0.1, -0.05) is 30.3 Å². The Morgan fingerprint density at radius 2 is 1.91 bits per heavy atom. The number of nitrogens with one attached hydrogen (secondary N) is 1. The third-order valence-electron chi connectivity index (χ3n) is 5.86. The summed E-state index contributed by atoms with van der Waals surface area (Å²) in [5.41, 5.74) is 12.1. The zero-order valence-corrected chi connectivity index (χ0v) is 19.0. The van der Waals surface area contributed by atoms with Crippen LogP contribution in [0.2, 0.25) is 0 Å². The van der Waals surface area contributed by atoms with E-state index in [9.17, 15) is 13.2 Å². The molecular formula is C25H24N4O3S. The first kappa shape index (κ1) is 22.5. The van der Waals surface area contributed by atoms with E-state index in [0.717, 1.165) is 27.9 Å². The number of carbonyl (C=O) groups excluding carboxylic acids is 1. The lowest BCUT2D eigenvalue weighted by Gasteiger charge is -2.28. The number of primary amides is 1. The fraction of sp³-hybridized carbons (Fsp3) is 0.200. The molecule has 0 saturated carbocycles. The van der Waals surface area contributed by atoms with Crippen LogP contribution >= 0.6 is 0 Å². The maximum atomic E-state index is 12.0. The molecule has 33 heavy (non-hydrogen) atoms. The summed E-state index contributed by atoms with van der Waals surface area (Å²) >= 11 is 0. The second kappa shape index (κ2) is 9.06. The van der Waals surface area contributed by atoms with Crippen LogP contribution in [0, 0.1) is 11.3 Å². The molecule has 0 atom stereocenters. The smallest absolute Gasteiger partial charge is 0.249 e. The molecule has 0 aliphatic carbocycles. The van der Waals surface area contributed by atoms with Crippen LogP contribution in [0.15, 0.2) is 60.7 Å². The van der Waals surface area contributed by atoms with Crippen molar-refractivity contribution in [1.29, 1.82) is 5.26 Å². The van der Waals surface area contributed by atoms with Crippen molar-refractivity contribution in [1.82, 2.24) is 4.31 Å². The Bertz CT molecular complexity index is 1360. The van der Waals surface area contributed by atoms with Crippen LogP contribution in [-0.4, -0.2) is 31.4 Å². The molecule has 4 rings (SSSR count). The van der Waals surface area contributed by atoms with Gasteiger partial charge < -0.3 is 11.1 Å². The topological polar surface area (TPSA) is 116 Å². The minimum Gasteiger partial charge on any atom is -0.381 e. The van der Waals surface area contributed by atoms with Gasteiger partial charge in [0.25, 0.3) is 0 Å². The van der Waals surface area contributed by atoms with Gasteiger partial charge in [0.1, 0.15) is 0 Å². The predicted octanol–water partition coefficient (Wildman–Crippen LogP) is 3.25. The maximum absolute atomic E-state index is 12.0. The highest BCUT2D eigenvalue weighted by Gasteiger charge is 2.24. The average Bonchev–Trinajstić information content (AvgIpc) is 2.81. The zero-order chi connectivity index (χ0) is 23.6. The van der Waals surface area contributed by atoms with Gasteiger partial charge in [-0.3, -0.25) is 4.79 Å². The average molecular weight is 461 g/mol. The highest BCUT2D eigenvalue weighted by molar-refractivity contribution is 7.88. The molecule has 0 fully saturated rings. The number of hydrogen-bond acceptors (Lipinski definition) is 5. The Kier molecular flexibility index (Phi) is 6.18. The number of amides is 1.